The van der Waals surface area contributed by atoms with Gasteiger partial charge in [0.25, 0.3) is 11.5 Å². The van der Waals surface area contributed by atoms with Gasteiger partial charge in [0.1, 0.15) is 11.5 Å². The average Bonchev–Trinajstić information content (AvgIpc) is 3.12. The van der Waals surface area contributed by atoms with Crippen molar-refractivity contribution in [3.63, 3.8) is 0 Å². The number of carbonyl (C=O) groups is 1. The SMILES string of the molecule is CNc1c(O)c(Nc2c(O)c(O)c(=O)n(-c3ccccn3)c2O)nc2c(C(N)=O)c(=O)[nH]n12. The molecule has 9 N–H and O–H groups in total. The van der Waals surface area contributed by atoms with Gasteiger partial charge in [-0.05, 0) is 12.1 Å². The van der Waals surface area contributed by atoms with E-state index in [0.717, 1.165) is 4.52 Å². The smallest absolute Gasteiger partial charge is 0.305 e. The first-order valence-corrected chi connectivity index (χ1v) is 9.10. The van der Waals surface area contributed by atoms with Gasteiger partial charge in [-0.1, -0.05) is 6.07 Å². The molecule has 0 saturated carbocycles. The molecule has 4 aromatic rings. The largest absolute Gasteiger partial charge is 0.503 e. The second-order valence-corrected chi connectivity index (χ2v) is 6.60. The molecule has 170 valence electrons. The standard InChI is InChI=1S/C18H16N8O7/c1-20-15-11(29)13(23-14-7(12(19)30)16(31)24-26(14)15)22-8-9(27)10(28)18(33)25(17(8)32)6-4-2-3-5-21-6/h2-5,20,27-29,32H,1H3,(H2,19,30)(H,22,23)(H,24,31). The minimum absolute atomic E-state index is 0.0879. The maximum Gasteiger partial charge on any atom is 0.305 e. The summed E-state index contributed by atoms with van der Waals surface area (Å²) in [6.07, 6.45) is 1.33. The molecule has 1 amide bonds. The van der Waals surface area contributed by atoms with Gasteiger partial charge in [-0.15, -0.1) is 0 Å². The summed E-state index contributed by atoms with van der Waals surface area (Å²) in [5.41, 5.74) is 1.75. The van der Waals surface area contributed by atoms with Crippen molar-refractivity contribution in [2.75, 3.05) is 17.7 Å². The molecule has 0 atom stereocenters. The van der Waals surface area contributed by atoms with E-state index in [1.807, 2.05) is 0 Å². The van der Waals surface area contributed by atoms with E-state index < -0.39 is 57.2 Å². The van der Waals surface area contributed by atoms with Crippen molar-refractivity contribution in [3.05, 3.63) is 50.7 Å². The van der Waals surface area contributed by atoms with Gasteiger partial charge in [-0.25, -0.2) is 19.1 Å². The fourth-order valence-electron chi connectivity index (χ4n) is 3.18. The van der Waals surface area contributed by atoms with Crippen molar-refractivity contribution >= 4 is 28.9 Å². The Morgan fingerprint density at radius 2 is 1.85 bits per heavy atom. The Bertz CT molecular complexity index is 1540. The van der Waals surface area contributed by atoms with Crippen LogP contribution in [0.15, 0.2) is 34.0 Å². The average molecular weight is 456 g/mol. The van der Waals surface area contributed by atoms with Gasteiger partial charge in [0.2, 0.25) is 17.4 Å². The molecule has 0 aliphatic rings. The predicted molar refractivity (Wildman–Crippen MR) is 114 cm³/mol. The number of anilines is 3. The summed E-state index contributed by atoms with van der Waals surface area (Å²) in [6.45, 7) is 0. The highest BCUT2D eigenvalue weighted by molar-refractivity contribution is 5.99. The maximum atomic E-state index is 12.4. The van der Waals surface area contributed by atoms with Gasteiger partial charge in [0.15, 0.2) is 28.6 Å². The number of aromatic hydroxyl groups is 4. The molecular weight excluding hydrogens is 440 g/mol. The van der Waals surface area contributed by atoms with Gasteiger partial charge in [-0.3, -0.25) is 19.5 Å². The highest BCUT2D eigenvalue weighted by atomic mass is 16.3. The van der Waals surface area contributed by atoms with Gasteiger partial charge < -0.3 is 36.8 Å². The van der Waals surface area contributed by atoms with Gasteiger partial charge in [-0.2, -0.15) is 0 Å². The summed E-state index contributed by atoms with van der Waals surface area (Å²) in [7, 11) is 1.39. The third-order valence-electron chi connectivity index (χ3n) is 4.67. The van der Waals surface area contributed by atoms with Crippen LogP contribution in [0.4, 0.5) is 17.3 Å². The molecule has 0 unspecified atom stereocenters. The van der Waals surface area contributed by atoms with Gasteiger partial charge in [0, 0.05) is 13.2 Å². The van der Waals surface area contributed by atoms with Crippen LogP contribution in [0.3, 0.4) is 0 Å². The first-order valence-electron chi connectivity index (χ1n) is 9.10. The van der Waals surface area contributed by atoms with E-state index in [4.69, 9.17) is 5.73 Å². The molecule has 0 saturated heterocycles. The highest BCUT2D eigenvalue weighted by Gasteiger charge is 2.27. The summed E-state index contributed by atoms with van der Waals surface area (Å²) in [5.74, 6) is -5.51. The summed E-state index contributed by atoms with van der Waals surface area (Å²) < 4.78 is 1.57. The van der Waals surface area contributed by atoms with Gasteiger partial charge in [0.05, 0.1) is 0 Å². The van der Waals surface area contributed by atoms with Crippen LogP contribution in [0.1, 0.15) is 10.4 Å². The van der Waals surface area contributed by atoms with Crippen LogP contribution in [0, 0.1) is 0 Å². The molecule has 4 aromatic heterocycles. The van der Waals surface area contributed by atoms with E-state index in [1.54, 1.807) is 6.07 Å². The molecule has 15 heteroatoms. The third-order valence-corrected chi connectivity index (χ3v) is 4.67. The fourth-order valence-corrected chi connectivity index (χ4v) is 3.18. The van der Waals surface area contributed by atoms with Crippen LogP contribution in [-0.2, 0) is 0 Å². The van der Waals surface area contributed by atoms with E-state index in [9.17, 15) is 34.8 Å². The molecule has 4 heterocycles. The molecule has 0 bridgehead atoms. The maximum absolute atomic E-state index is 12.4. The number of amides is 1. The number of hydrogen-bond donors (Lipinski definition) is 8. The number of carbonyl (C=O) groups excluding carboxylic acids is 1. The van der Waals surface area contributed by atoms with Crippen molar-refractivity contribution in [2.24, 2.45) is 5.73 Å². The van der Waals surface area contributed by atoms with Crippen LogP contribution < -0.4 is 27.5 Å². The Kier molecular flexibility index (Phi) is 4.77. The van der Waals surface area contributed by atoms with Crippen LogP contribution in [-0.4, -0.2) is 57.5 Å². The molecule has 4 rings (SSSR count). The van der Waals surface area contributed by atoms with Crippen LogP contribution >= 0.6 is 0 Å². The highest BCUT2D eigenvalue weighted by Crippen LogP contribution is 2.42. The summed E-state index contributed by atoms with van der Waals surface area (Å²) in [5, 5.41) is 49.0. The Morgan fingerprint density at radius 3 is 2.45 bits per heavy atom. The number of rotatable bonds is 5. The number of nitrogens with two attached hydrogens (primary N) is 1. The summed E-state index contributed by atoms with van der Waals surface area (Å²) in [6, 6.07) is 4.42. The number of aromatic amines is 1. The number of H-pyrrole nitrogens is 1. The van der Waals surface area contributed by atoms with E-state index >= 15 is 0 Å². The molecule has 0 aliphatic heterocycles. The van der Waals surface area contributed by atoms with Gasteiger partial charge >= 0.3 is 5.56 Å². The van der Waals surface area contributed by atoms with Crippen LogP contribution in [0.2, 0.25) is 0 Å². The molecular formula is C18H16N8O7. The lowest BCUT2D eigenvalue weighted by molar-refractivity contribution is 0.100. The third kappa shape index (κ3) is 3.11. The minimum Gasteiger partial charge on any atom is -0.503 e. The van der Waals surface area contributed by atoms with E-state index in [1.165, 1.54) is 25.4 Å². The van der Waals surface area contributed by atoms with E-state index in [2.05, 4.69) is 25.7 Å². The van der Waals surface area contributed by atoms with Crippen molar-refractivity contribution in [1.29, 1.82) is 0 Å². The number of nitrogens with zero attached hydrogens (tertiary/aromatic N) is 4. The topological polar surface area (TPSA) is 233 Å². The van der Waals surface area contributed by atoms with Crippen molar-refractivity contribution in [2.45, 2.75) is 0 Å². The van der Waals surface area contributed by atoms with E-state index in [-0.39, 0.29) is 17.3 Å². The molecule has 0 fully saturated rings. The Hall–Kier alpha value is -5.21. The first-order chi connectivity index (χ1) is 15.7. The molecule has 33 heavy (non-hydrogen) atoms. The molecule has 0 radical (unpaired) electrons. The van der Waals surface area contributed by atoms with Crippen LogP contribution in [0.25, 0.3) is 11.5 Å². The zero-order valence-electron chi connectivity index (χ0n) is 16.7. The predicted octanol–water partition coefficient (Wildman–Crippen LogP) is -0.725. The second-order valence-electron chi connectivity index (χ2n) is 6.60. The molecule has 0 aromatic carbocycles. The lowest BCUT2D eigenvalue weighted by Gasteiger charge is -2.17. The van der Waals surface area contributed by atoms with Crippen molar-refractivity contribution < 1.29 is 25.2 Å². The number of fused-ring (bicyclic) bond motifs is 1. The number of nitrogens with one attached hydrogen (secondary N) is 3. The molecule has 15 nitrogen and oxygen atoms in total. The summed E-state index contributed by atoms with van der Waals surface area (Å²) >= 11 is 0. The quantitative estimate of drug-likeness (QED) is 0.186. The normalized spacial score (nSPS) is 10.9. The Morgan fingerprint density at radius 1 is 1.12 bits per heavy atom. The zero-order valence-corrected chi connectivity index (χ0v) is 16.7. The minimum atomic E-state index is -1.18. The first kappa shape index (κ1) is 21.0. The van der Waals surface area contributed by atoms with Crippen molar-refractivity contribution in [1.82, 2.24) is 24.1 Å². The monoisotopic (exact) mass is 456 g/mol. The fraction of sp³-hybridized carbons (Fsp3) is 0.0556. The second kappa shape index (κ2) is 7.49. The van der Waals surface area contributed by atoms with E-state index in [0.29, 0.717) is 4.57 Å². The Balaban J connectivity index is 1.99. The summed E-state index contributed by atoms with van der Waals surface area (Å²) in [4.78, 5) is 44.2. The Labute approximate surface area is 182 Å². The number of aromatic nitrogens is 5. The van der Waals surface area contributed by atoms with Crippen molar-refractivity contribution in [3.8, 4) is 28.9 Å². The van der Waals surface area contributed by atoms with Crippen LogP contribution in [0.5, 0.6) is 23.1 Å². The zero-order chi connectivity index (χ0) is 24.0. The number of primary amides is 1. The molecule has 0 spiro atoms. The molecule has 0 aliphatic carbocycles. The number of hydrogen-bond acceptors (Lipinski definition) is 11. The lowest BCUT2D eigenvalue weighted by atomic mass is 10.3. The lowest BCUT2D eigenvalue weighted by Crippen LogP contribution is -2.20. The number of pyridine rings is 2.